The summed E-state index contributed by atoms with van der Waals surface area (Å²) >= 11 is 4.89. The van der Waals surface area contributed by atoms with Gasteiger partial charge in [0.05, 0.1) is 6.61 Å². The molecule has 96 valence electrons. The van der Waals surface area contributed by atoms with Gasteiger partial charge in [0.25, 0.3) is 0 Å². The minimum atomic E-state index is -4.25. The maximum absolute atomic E-state index is 12.3. The molecule has 0 saturated carbocycles. The number of halogens is 3. The zero-order valence-corrected chi connectivity index (χ0v) is 10.4. The Kier molecular flexibility index (Phi) is 6.66. The first-order valence-electron chi connectivity index (χ1n) is 4.88. The lowest BCUT2D eigenvalue weighted by molar-refractivity contribution is -0.140. The average molecular weight is 258 g/mol. The fourth-order valence-electron chi connectivity index (χ4n) is 1.04. The topological polar surface area (TPSA) is 24.5 Å². The molecule has 0 atom stereocenters. The molecule has 0 rings (SSSR count). The van der Waals surface area contributed by atoms with Gasteiger partial charge < -0.3 is 15.0 Å². The van der Waals surface area contributed by atoms with Crippen molar-refractivity contribution in [2.75, 3.05) is 26.8 Å². The Morgan fingerprint density at radius 3 is 2.38 bits per heavy atom. The highest BCUT2D eigenvalue weighted by molar-refractivity contribution is 7.80. The summed E-state index contributed by atoms with van der Waals surface area (Å²) in [6.45, 7) is 3.09. The van der Waals surface area contributed by atoms with Crippen LogP contribution in [0.3, 0.4) is 0 Å². The van der Waals surface area contributed by atoms with Crippen LogP contribution in [0, 0.1) is 0 Å². The van der Waals surface area contributed by atoms with E-state index in [4.69, 9.17) is 17.0 Å². The van der Waals surface area contributed by atoms with Gasteiger partial charge in [0.2, 0.25) is 0 Å². The molecule has 1 N–H and O–H groups in total. The van der Waals surface area contributed by atoms with Gasteiger partial charge in [-0.2, -0.15) is 13.2 Å². The molecule has 0 fully saturated rings. The van der Waals surface area contributed by atoms with E-state index >= 15 is 0 Å². The highest BCUT2D eigenvalue weighted by Crippen LogP contribution is 2.18. The largest absolute Gasteiger partial charge is 0.406 e. The van der Waals surface area contributed by atoms with Crippen LogP contribution in [-0.4, -0.2) is 49.0 Å². The zero-order valence-electron chi connectivity index (χ0n) is 9.60. The van der Waals surface area contributed by atoms with Gasteiger partial charge in [-0.25, -0.2) is 0 Å². The molecule has 16 heavy (non-hydrogen) atoms. The van der Waals surface area contributed by atoms with E-state index in [2.05, 4.69) is 5.32 Å². The molecule has 0 aromatic rings. The molecule has 0 unspecified atom stereocenters. The predicted molar refractivity (Wildman–Crippen MR) is 60.4 cm³/mol. The molecule has 0 saturated heterocycles. The molecular weight excluding hydrogens is 241 g/mol. The Bertz CT molecular complexity index is 221. The summed E-state index contributed by atoms with van der Waals surface area (Å²) < 4.78 is 41.6. The third-order valence-electron chi connectivity index (χ3n) is 1.82. The van der Waals surface area contributed by atoms with E-state index in [0.717, 1.165) is 4.90 Å². The van der Waals surface area contributed by atoms with Gasteiger partial charge in [-0.05, 0) is 26.1 Å². The zero-order chi connectivity index (χ0) is 12.8. The van der Waals surface area contributed by atoms with Crippen molar-refractivity contribution in [2.24, 2.45) is 0 Å². The van der Waals surface area contributed by atoms with E-state index in [1.165, 1.54) is 7.11 Å². The molecule has 0 aromatic heterocycles. The van der Waals surface area contributed by atoms with Crippen molar-refractivity contribution in [3.05, 3.63) is 0 Å². The number of thiocarbonyl (C=S) groups is 1. The van der Waals surface area contributed by atoms with E-state index in [-0.39, 0.29) is 11.2 Å². The molecule has 0 amide bonds. The lowest BCUT2D eigenvalue weighted by atomic mass is 10.3. The van der Waals surface area contributed by atoms with Gasteiger partial charge in [0.1, 0.15) is 6.54 Å². The average Bonchev–Trinajstić information content (AvgIpc) is 2.12. The Morgan fingerprint density at radius 2 is 2.00 bits per heavy atom. The van der Waals surface area contributed by atoms with Gasteiger partial charge in [-0.15, -0.1) is 0 Å². The second kappa shape index (κ2) is 6.90. The van der Waals surface area contributed by atoms with Crippen LogP contribution in [0.15, 0.2) is 0 Å². The van der Waals surface area contributed by atoms with Gasteiger partial charge >= 0.3 is 6.18 Å². The minimum Gasteiger partial charge on any atom is -0.383 e. The van der Waals surface area contributed by atoms with Crippen LogP contribution in [0.25, 0.3) is 0 Å². The smallest absolute Gasteiger partial charge is 0.383 e. The van der Waals surface area contributed by atoms with Crippen LogP contribution in [-0.2, 0) is 4.74 Å². The normalized spacial score (nSPS) is 11.7. The number of rotatable bonds is 5. The standard InChI is InChI=1S/C9H17F3N2OS/c1-7(2)14(6-9(10,11)12)8(16)13-4-5-15-3/h7H,4-6H2,1-3H3,(H,13,16). The third-order valence-corrected chi connectivity index (χ3v) is 2.20. The first-order chi connectivity index (χ1) is 7.28. The molecule has 0 bridgehead atoms. The first-order valence-corrected chi connectivity index (χ1v) is 5.29. The van der Waals surface area contributed by atoms with Crippen molar-refractivity contribution < 1.29 is 17.9 Å². The molecule has 0 aliphatic carbocycles. The molecule has 0 spiro atoms. The van der Waals surface area contributed by atoms with Crippen LogP contribution in [0.2, 0.25) is 0 Å². The fraction of sp³-hybridized carbons (Fsp3) is 0.889. The number of methoxy groups -OCH3 is 1. The number of nitrogens with one attached hydrogen (secondary N) is 1. The second-order valence-corrected chi connectivity index (χ2v) is 3.95. The molecular formula is C9H17F3N2OS. The van der Waals surface area contributed by atoms with Gasteiger partial charge in [0.15, 0.2) is 5.11 Å². The van der Waals surface area contributed by atoms with Crippen molar-refractivity contribution in [1.82, 2.24) is 10.2 Å². The SMILES string of the molecule is COCCNC(=S)N(CC(F)(F)F)C(C)C. The summed E-state index contributed by atoms with van der Waals surface area (Å²) in [5.74, 6) is 0. The maximum atomic E-state index is 12.3. The van der Waals surface area contributed by atoms with Crippen LogP contribution in [0.4, 0.5) is 13.2 Å². The minimum absolute atomic E-state index is 0.101. The quantitative estimate of drug-likeness (QED) is 0.600. The highest BCUT2D eigenvalue weighted by atomic mass is 32.1. The molecule has 0 aromatic carbocycles. The monoisotopic (exact) mass is 258 g/mol. The number of hydrogen-bond acceptors (Lipinski definition) is 2. The van der Waals surface area contributed by atoms with Crippen molar-refractivity contribution in [2.45, 2.75) is 26.1 Å². The Labute approximate surface area is 98.9 Å². The lowest BCUT2D eigenvalue weighted by Gasteiger charge is -2.30. The maximum Gasteiger partial charge on any atom is 0.406 e. The molecule has 7 heteroatoms. The van der Waals surface area contributed by atoms with E-state index in [1.807, 2.05) is 0 Å². The molecule has 0 radical (unpaired) electrons. The van der Waals surface area contributed by atoms with Crippen LogP contribution < -0.4 is 5.32 Å². The van der Waals surface area contributed by atoms with E-state index in [9.17, 15) is 13.2 Å². The van der Waals surface area contributed by atoms with Crippen molar-refractivity contribution in [3.8, 4) is 0 Å². The predicted octanol–water partition coefficient (Wildman–Crippen LogP) is 1.78. The second-order valence-electron chi connectivity index (χ2n) is 3.56. The van der Waals surface area contributed by atoms with Gasteiger partial charge in [-0.1, -0.05) is 0 Å². The van der Waals surface area contributed by atoms with Gasteiger partial charge in [-0.3, -0.25) is 0 Å². The number of ether oxygens (including phenoxy) is 1. The summed E-state index contributed by atoms with van der Waals surface area (Å²) in [6, 6.07) is -0.302. The van der Waals surface area contributed by atoms with E-state index in [1.54, 1.807) is 13.8 Å². The highest BCUT2D eigenvalue weighted by Gasteiger charge is 2.32. The summed E-state index contributed by atoms with van der Waals surface area (Å²) in [5.41, 5.74) is 0. The Hall–Kier alpha value is -0.560. The molecule has 0 aliphatic rings. The number of hydrogen-bond donors (Lipinski definition) is 1. The third kappa shape index (κ3) is 6.84. The van der Waals surface area contributed by atoms with E-state index in [0.29, 0.717) is 13.2 Å². The summed E-state index contributed by atoms with van der Waals surface area (Å²) in [6.07, 6.45) is -4.25. The summed E-state index contributed by atoms with van der Waals surface area (Å²) in [4.78, 5) is 1.10. The number of nitrogens with zero attached hydrogens (tertiary/aromatic N) is 1. The summed E-state index contributed by atoms with van der Waals surface area (Å²) in [7, 11) is 1.51. The first kappa shape index (κ1) is 15.4. The number of alkyl halides is 3. The molecule has 0 heterocycles. The van der Waals surface area contributed by atoms with Crippen molar-refractivity contribution in [1.29, 1.82) is 0 Å². The summed E-state index contributed by atoms with van der Waals surface area (Å²) in [5, 5.41) is 2.82. The van der Waals surface area contributed by atoms with Gasteiger partial charge in [0, 0.05) is 19.7 Å². The molecule has 3 nitrogen and oxygen atoms in total. The fourth-order valence-corrected chi connectivity index (χ4v) is 1.42. The Morgan fingerprint density at radius 1 is 1.44 bits per heavy atom. The molecule has 0 aliphatic heterocycles. The van der Waals surface area contributed by atoms with Crippen LogP contribution in [0.5, 0.6) is 0 Å². The van der Waals surface area contributed by atoms with Crippen LogP contribution >= 0.6 is 12.2 Å². The van der Waals surface area contributed by atoms with E-state index < -0.39 is 12.7 Å². The van der Waals surface area contributed by atoms with Crippen molar-refractivity contribution in [3.63, 3.8) is 0 Å². The Balaban J connectivity index is 4.25. The van der Waals surface area contributed by atoms with Crippen molar-refractivity contribution >= 4 is 17.3 Å². The lowest BCUT2D eigenvalue weighted by Crippen LogP contribution is -2.48. The van der Waals surface area contributed by atoms with Crippen LogP contribution in [0.1, 0.15) is 13.8 Å².